The number of halogens is 3. The van der Waals surface area contributed by atoms with Crippen molar-refractivity contribution in [1.82, 2.24) is 10.2 Å². The zero-order chi connectivity index (χ0) is 15.6. The zero-order valence-corrected chi connectivity index (χ0v) is 14.6. The molecule has 2 heterocycles. The molecule has 2 saturated heterocycles. The molecule has 2 aliphatic heterocycles. The number of likely N-dealkylation sites (tertiary alicyclic amines) is 1. The second-order valence-corrected chi connectivity index (χ2v) is 7.41. The Morgan fingerprint density at radius 1 is 1.22 bits per heavy atom. The van der Waals surface area contributed by atoms with Crippen LogP contribution in [0.3, 0.4) is 0 Å². The molecule has 2 nitrogen and oxygen atoms in total. The summed E-state index contributed by atoms with van der Waals surface area (Å²) in [4.78, 5) is 2.58. The molecule has 0 aromatic heterocycles. The third-order valence-electron chi connectivity index (χ3n) is 5.28. The van der Waals surface area contributed by atoms with E-state index in [1.807, 2.05) is 0 Å². The van der Waals surface area contributed by atoms with Crippen molar-refractivity contribution >= 4 is 12.4 Å². The van der Waals surface area contributed by atoms with Crippen molar-refractivity contribution in [1.29, 1.82) is 0 Å². The average molecular weight is 345 g/mol. The quantitative estimate of drug-likeness (QED) is 0.897. The van der Waals surface area contributed by atoms with Crippen molar-refractivity contribution in [3.8, 4) is 0 Å². The van der Waals surface area contributed by atoms with Gasteiger partial charge < -0.3 is 10.2 Å². The topological polar surface area (TPSA) is 15.3 Å². The van der Waals surface area contributed by atoms with Crippen LogP contribution in [0.1, 0.15) is 31.7 Å². The highest BCUT2D eigenvalue weighted by molar-refractivity contribution is 5.85. The molecule has 0 bridgehead atoms. The Hall–Kier alpha value is -0.710. The van der Waals surface area contributed by atoms with Gasteiger partial charge in [-0.3, -0.25) is 0 Å². The molecule has 0 spiro atoms. The van der Waals surface area contributed by atoms with E-state index in [2.05, 4.69) is 17.1 Å². The predicted molar refractivity (Wildman–Crippen MR) is 92.1 cm³/mol. The summed E-state index contributed by atoms with van der Waals surface area (Å²) >= 11 is 0. The Kier molecular flexibility index (Phi) is 6.40. The van der Waals surface area contributed by atoms with E-state index in [-0.39, 0.29) is 12.4 Å². The van der Waals surface area contributed by atoms with Gasteiger partial charge in [-0.1, -0.05) is 13.0 Å². The van der Waals surface area contributed by atoms with Gasteiger partial charge in [0.2, 0.25) is 0 Å². The smallest absolute Gasteiger partial charge is 0.159 e. The molecule has 1 aromatic carbocycles. The van der Waals surface area contributed by atoms with Crippen molar-refractivity contribution in [2.75, 3.05) is 32.7 Å². The Morgan fingerprint density at radius 2 is 1.96 bits per heavy atom. The Balaban J connectivity index is 0.00000192. The molecule has 1 N–H and O–H groups in total. The number of hydrogen-bond acceptors (Lipinski definition) is 2. The number of nitrogens with one attached hydrogen (secondary N) is 1. The van der Waals surface area contributed by atoms with Gasteiger partial charge in [0.25, 0.3) is 0 Å². The third kappa shape index (κ3) is 4.88. The monoisotopic (exact) mass is 344 g/mol. The fourth-order valence-corrected chi connectivity index (χ4v) is 3.89. The largest absolute Gasteiger partial charge is 0.316 e. The number of nitrogens with zero attached hydrogens (tertiary/aromatic N) is 1. The molecule has 0 radical (unpaired) electrons. The third-order valence-corrected chi connectivity index (χ3v) is 5.28. The zero-order valence-electron chi connectivity index (χ0n) is 13.8. The van der Waals surface area contributed by atoms with Crippen LogP contribution < -0.4 is 5.32 Å². The maximum Gasteiger partial charge on any atom is 0.159 e. The first-order valence-corrected chi connectivity index (χ1v) is 8.41. The van der Waals surface area contributed by atoms with E-state index in [4.69, 9.17) is 0 Å². The maximum absolute atomic E-state index is 13.3. The summed E-state index contributed by atoms with van der Waals surface area (Å²) in [5.74, 6) is -0.885. The summed E-state index contributed by atoms with van der Waals surface area (Å²) in [5.41, 5.74) is 1.34. The van der Waals surface area contributed by atoms with Gasteiger partial charge in [-0.25, -0.2) is 8.78 Å². The van der Waals surface area contributed by atoms with Crippen molar-refractivity contribution < 1.29 is 8.78 Å². The second kappa shape index (κ2) is 7.91. The minimum absolute atomic E-state index is 0. The van der Waals surface area contributed by atoms with E-state index in [0.29, 0.717) is 11.3 Å². The minimum atomic E-state index is -0.753. The lowest BCUT2D eigenvalue weighted by molar-refractivity contribution is 0.128. The van der Waals surface area contributed by atoms with Crippen molar-refractivity contribution in [3.05, 3.63) is 35.4 Å². The van der Waals surface area contributed by atoms with Crippen LogP contribution in [0.25, 0.3) is 0 Å². The Morgan fingerprint density at radius 3 is 2.57 bits per heavy atom. The van der Waals surface area contributed by atoms with Crippen LogP contribution in [0.4, 0.5) is 8.78 Å². The number of rotatable bonds is 4. The highest BCUT2D eigenvalue weighted by atomic mass is 35.5. The number of benzene rings is 1. The molecular weight excluding hydrogens is 318 g/mol. The fraction of sp³-hybridized carbons (Fsp3) is 0.667. The van der Waals surface area contributed by atoms with Gasteiger partial charge in [0.05, 0.1) is 0 Å². The summed E-state index contributed by atoms with van der Waals surface area (Å²) in [6, 6.07) is 4.32. The van der Waals surface area contributed by atoms with Crippen molar-refractivity contribution in [2.24, 2.45) is 11.3 Å². The Labute approximate surface area is 144 Å². The van der Waals surface area contributed by atoms with E-state index < -0.39 is 11.6 Å². The van der Waals surface area contributed by atoms with Crippen LogP contribution in [0, 0.1) is 23.0 Å². The summed E-state index contributed by atoms with van der Waals surface area (Å²) in [6.45, 7) is 8.08. The first-order chi connectivity index (χ1) is 10.5. The molecule has 5 heteroatoms. The summed E-state index contributed by atoms with van der Waals surface area (Å²) in [5, 5.41) is 3.46. The molecule has 0 saturated carbocycles. The average Bonchev–Trinajstić information content (AvgIpc) is 2.91. The van der Waals surface area contributed by atoms with E-state index >= 15 is 0 Å². The first kappa shape index (κ1) is 18.6. The number of piperidine rings is 1. The molecule has 1 atom stereocenters. The van der Waals surface area contributed by atoms with Crippen LogP contribution >= 0.6 is 12.4 Å². The van der Waals surface area contributed by atoms with Gasteiger partial charge in [-0.05, 0) is 74.3 Å². The second-order valence-electron chi connectivity index (χ2n) is 7.41. The number of hydrogen-bond donors (Lipinski definition) is 1. The first-order valence-electron chi connectivity index (χ1n) is 8.41. The van der Waals surface area contributed by atoms with Crippen LogP contribution in [0.15, 0.2) is 18.2 Å². The van der Waals surface area contributed by atoms with Crippen LogP contribution in [0.2, 0.25) is 0 Å². The van der Waals surface area contributed by atoms with Crippen LogP contribution in [-0.4, -0.2) is 37.6 Å². The lowest BCUT2D eigenvalue weighted by Gasteiger charge is -2.37. The van der Waals surface area contributed by atoms with Gasteiger partial charge in [0.1, 0.15) is 0 Å². The van der Waals surface area contributed by atoms with Gasteiger partial charge in [0.15, 0.2) is 11.6 Å². The lowest BCUT2D eigenvalue weighted by Crippen LogP contribution is -2.42. The maximum atomic E-state index is 13.3. The molecule has 1 aromatic rings. The molecule has 2 fully saturated rings. The van der Waals surface area contributed by atoms with Gasteiger partial charge >= 0.3 is 0 Å². The highest BCUT2D eigenvalue weighted by Crippen LogP contribution is 2.29. The minimum Gasteiger partial charge on any atom is -0.316 e. The summed E-state index contributed by atoms with van der Waals surface area (Å²) < 4.78 is 26.2. The van der Waals surface area contributed by atoms with Gasteiger partial charge in [-0.2, -0.15) is 0 Å². The van der Waals surface area contributed by atoms with E-state index in [9.17, 15) is 8.78 Å². The molecule has 0 aliphatic carbocycles. The fourth-order valence-electron chi connectivity index (χ4n) is 3.89. The van der Waals surface area contributed by atoms with Crippen LogP contribution in [-0.2, 0) is 6.42 Å². The van der Waals surface area contributed by atoms with E-state index in [1.54, 1.807) is 6.07 Å². The SMILES string of the molecule is CC1(CN2CCC(Cc3ccc(F)c(F)c3)CC2)CCNC1.Cl. The standard InChI is InChI=1S/C18H26F2N2.ClH/c1-18(6-7-21-12-18)13-22-8-4-14(5-9-22)10-15-2-3-16(19)17(20)11-15;/h2-3,11,14,21H,4-10,12-13H2,1H3;1H. The molecule has 3 rings (SSSR count). The molecule has 0 amide bonds. The van der Waals surface area contributed by atoms with E-state index in [1.165, 1.54) is 25.1 Å². The highest BCUT2D eigenvalue weighted by Gasteiger charge is 2.32. The van der Waals surface area contributed by atoms with Crippen molar-refractivity contribution in [3.63, 3.8) is 0 Å². The van der Waals surface area contributed by atoms with Gasteiger partial charge in [-0.15, -0.1) is 12.4 Å². The van der Waals surface area contributed by atoms with E-state index in [0.717, 1.165) is 51.0 Å². The molecule has 130 valence electrons. The van der Waals surface area contributed by atoms with Crippen molar-refractivity contribution in [2.45, 2.75) is 32.6 Å². The summed E-state index contributed by atoms with van der Waals surface area (Å²) in [7, 11) is 0. The summed E-state index contributed by atoms with van der Waals surface area (Å²) in [6.07, 6.45) is 4.44. The predicted octanol–water partition coefficient (Wildman–Crippen LogP) is 3.64. The van der Waals surface area contributed by atoms with Gasteiger partial charge in [0, 0.05) is 13.1 Å². The molecule has 1 unspecified atom stereocenters. The lowest BCUT2D eigenvalue weighted by atomic mass is 9.86. The normalized spacial score (nSPS) is 26.2. The molecule has 23 heavy (non-hydrogen) atoms. The Bertz CT molecular complexity index is 510. The van der Waals surface area contributed by atoms with Crippen LogP contribution in [0.5, 0.6) is 0 Å². The molecular formula is C18H27ClF2N2. The molecule has 2 aliphatic rings.